The first-order valence-electron chi connectivity index (χ1n) is 10.00. The third-order valence-electron chi connectivity index (χ3n) is 5.43. The molecule has 0 aromatic heterocycles. The van der Waals surface area contributed by atoms with Gasteiger partial charge in [-0.2, -0.15) is 0 Å². The predicted molar refractivity (Wildman–Crippen MR) is 116 cm³/mol. The molecule has 32 heavy (non-hydrogen) atoms. The van der Waals surface area contributed by atoms with Gasteiger partial charge in [-0.25, -0.2) is 9.59 Å². The van der Waals surface area contributed by atoms with Crippen LogP contribution in [-0.4, -0.2) is 57.9 Å². The summed E-state index contributed by atoms with van der Waals surface area (Å²) in [5.41, 5.74) is 2.28. The summed E-state index contributed by atoms with van der Waals surface area (Å²) in [5, 5.41) is 2.78. The highest BCUT2D eigenvalue weighted by Crippen LogP contribution is 2.40. The summed E-state index contributed by atoms with van der Waals surface area (Å²) in [6, 6.07) is 9.17. The predicted octanol–water partition coefficient (Wildman–Crippen LogP) is 3.18. The Balaban J connectivity index is 1.96. The van der Waals surface area contributed by atoms with Gasteiger partial charge in [0.1, 0.15) is 0 Å². The number of ether oxygens (including phenoxy) is 4. The third-order valence-corrected chi connectivity index (χ3v) is 5.43. The van der Waals surface area contributed by atoms with Gasteiger partial charge in [0.2, 0.25) is 0 Å². The maximum absolute atomic E-state index is 13.3. The maximum Gasteiger partial charge on any atom is 0.339 e. The van der Waals surface area contributed by atoms with Gasteiger partial charge in [-0.1, -0.05) is 12.1 Å². The van der Waals surface area contributed by atoms with Crippen molar-refractivity contribution in [1.82, 2.24) is 4.90 Å². The quantitative estimate of drug-likeness (QED) is 0.685. The second-order valence-electron chi connectivity index (χ2n) is 7.11. The van der Waals surface area contributed by atoms with E-state index in [4.69, 9.17) is 18.9 Å². The molecule has 1 N–H and O–H groups in total. The molecule has 9 nitrogen and oxygen atoms in total. The Hall–Kier alpha value is -3.75. The van der Waals surface area contributed by atoms with E-state index in [1.54, 1.807) is 42.3 Å². The summed E-state index contributed by atoms with van der Waals surface area (Å²) in [7, 11) is 5.66. The molecule has 3 rings (SSSR count). The van der Waals surface area contributed by atoms with Crippen molar-refractivity contribution in [3.05, 3.63) is 53.1 Å². The van der Waals surface area contributed by atoms with E-state index >= 15 is 0 Å². The molecule has 2 amide bonds. The minimum atomic E-state index is -0.587. The smallest absolute Gasteiger partial charge is 0.339 e. The van der Waals surface area contributed by atoms with Gasteiger partial charge in [0, 0.05) is 6.54 Å². The molecule has 9 heteroatoms. The number of para-hydroxylation sites is 1. The summed E-state index contributed by atoms with van der Waals surface area (Å²) in [6.45, 7) is 0.358. The number of fused-ring (bicyclic) bond motifs is 1. The Morgan fingerprint density at radius 2 is 1.69 bits per heavy atom. The van der Waals surface area contributed by atoms with E-state index in [2.05, 4.69) is 5.32 Å². The van der Waals surface area contributed by atoms with Crippen molar-refractivity contribution in [3.63, 3.8) is 0 Å². The van der Waals surface area contributed by atoms with E-state index < -0.39 is 24.0 Å². The highest BCUT2D eigenvalue weighted by atomic mass is 16.5. The lowest BCUT2D eigenvalue weighted by atomic mass is 9.90. The molecule has 2 aromatic rings. The van der Waals surface area contributed by atoms with E-state index in [0.29, 0.717) is 30.2 Å². The van der Waals surface area contributed by atoms with Crippen LogP contribution >= 0.6 is 0 Å². The van der Waals surface area contributed by atoms with Gasteiger partial charge in [0.15, 0.2) is 11.5 Å². The molecule has 1 atom stereocenters. The number of anilines is 1. The summed E-state index contributed by atoms with van der Waals surface area (Å²) in [5.74, 6) is 0.0608. The largest absolute Gasteiger partial charge is 0.493 e. The van der Waals surface area contributed by atoms with Crippen molar-refractivity contribution < 1.29 is 33.3 Å². The first kappa shape index (κ1) is 22.9. The second kappa shape index (κ2) is 10.0. The fourth-order valence-corrected chi connectivity index (χ4v) is 3.80. The van der Waals surface area contributed by atoms with Gasteiger partial charge in [-0.05, 0) is 41.8 Å². The lowest BCUT2D eigenvalue weighted by Gasteiger charge is -2.37. The number of carbonyl (C=O) groups is 3. The average molecular weight is 442 g/mol. The van der Waals surface area contributed by atoms with Crippen LogP contribution in [0.1, 0.15) is 33.9 Å². The number of carbonyl (C=O) groups excluding carboxylic acids is 3. The van der Waals surface area contributed by atoms with Crippen LogP contribution in [0.3, 0.4) is 0 Å². The number of esters is 2. The lowest BCUT2D eigenvalue weighted by Crippen LogP contribution is -2.43. The molecule has 0 bridgehead atoms. The van der Waals surface area contributed by atoms with Crippen LogP contribution in [0.25, 0.3) is 0 Å². The number of hydrogen-bond donors (Lipinski definition) is 1. The van der Waals surface area contributed by atoms with E-state index in [9.17, 15) is 14.4 Å². The van der Waals surface area contributed by atoms with Crippen LogP contribution in [-0.2, 0) is 20.7 Å². The highest BCUT2D eigenvalue weighted by Gasteiger charge is 2.34. The van der Waals surface area contributed by atoms with Crippen molar-refractivity contribution in [3.8, 4) is 11.5 Å². The Labute approximate surface area is 186 Å². The molecule has 1 aliphatic rings. The van der Waals surface area contributed by atoms with Crippen LogP contribution in [0.5, 0.6) is 11.5 Å². The van der Waals surface area contributed by atoms with Crippen LogP contribution in [0.15, 0.2) is 36.4 Å². The summed E-state index contributed by atoms with van der Waals surface area (Å²) < 4.78 is 20.5. The normalized spacial score (nSPS) is 14.8. The van der Waals surface area contributed by atoms with Crippen molar-refractivity contribution in [1.29, 1.82) is 0 Å². The zero-order chi connectivity index (χ0) is 23.3. The Morgan fingerprint density at radius 1 is 1.00 bits per heavy atom. The third kappa shape index (κ3) is 4.61. The van der Waals surface area contributed by atoms with Crippen molar-refractivity contribution in [2.75, 3.05) is 40.3 Å². The number of hydrogen-bond acceptors (Lipinski definition) is 7. The molecule has 1 aliphatic heterocycles. The average Bonchev–Trinajstić information content (AvgIpc) is 2.82. The number of nitrogens with zero attached hydrogens (tertiary/aromatic N) is 1. The molecule has 0 spiro atoms. The van der Waals surface area contributed by atoms with Gasteiger partial charge >= 0.3 is 18.0 Å². The van der Waals surface area contributed by atoms with Gasteiger partial charge in [-0.3, -0.25) is 4.79 Å². The summed E-state index contributed by atoms with van der Waals surface area (Å²) in [4.78, 5) is 39.0. The highest BCUT2D eigenvalue weighted by molar-refractivity contribution is 6.01. The van der Waals surface area contributed by atoms with Gasteiger partial charge in [0.25, 0.3) is 0 Å². The maximum atomic E-state index is 13.3. The Morgan fingerprint density at radius 3 is 2.34 bits per heavy atom. The van der Waals surface area contributed by atoms with Crippen molar-refractivity contribution in [2.45, 2.75) is 18.9 Å². The number of benzene rings is 2. The van der Waals surface area contributed by atoms with Gasteiger partial charge in [0.05, 0.1) is 52.2 Å². The summed E-state index contributed by atoms with van der Waals surface area (Å²) in [6.07, 6.45) is 0.518. The van der Waals surface area contributed by atoms with Crippen LogP contribution in [0, 0.1) is 0 Å². The summed E-state index contributed by atoms with van der Waals surface area (Å²) >= 11 is 0. The number of amides is 2. The minimum absolute atomic E-state index is 0.0367. The molecule has 0 radical (unpaired) electrons. The monoisotopic (exact) mass is 442 g/mol. The number of methoxy groups -OCH3 is 4. The van der Waals surface area contributed by atoms with E-state index in [0.717, 1.165) is 11.1 Å². The number of urea groups is 1. The fourth-order valence-electron chi connectivity index (χ4n) is 3.80. The van der Waals surface area contributed by atoms with Crippen molar-refractivity contribution in [2.24, 2.45) is 0 Å². The fraction of sp³-hybridized carbons (Fsp3) is 0.348. The Bertz CT molecular complexity index is 1020. The SMILES string of the molecule is COC(=O)CC1c2cc(OC)c(OC)cc2CCN1C(=O)Nc1ccccc1C(=O)OC. The Kier molecular flexibility index (Phi) is 7.19. The molecule has 1 heterocycles. The van der Waals surface area contributed by atoms with E-state index in [-0.39, 0.29) is 12.0 Å². The van der Waals surface area contributed by atoms with Crippen molar-refractivity contribution >= 4 is 23.7 Å². The minimum Gasteiger partial charge on any atom is -0.493 e. The molecular formula is C23H26N2O7. The van der Waals surface area contributed by atoms with E-state index in [1.165, 1.54) is 21.3 Å². The first-order chi connectivity index (χ1) is 15.4. The molecule has 2 aromatic carbocycles. The molecule has 0 saturated heterocycles. The standard InChI is InChI=1S/C23H26N2O7/c1-29-19-11-14-9-10-25(18(13-21(26)31-3)16(14)12-20(19)30-2)23(28)24-17-8-6-5-7-15(17)22(27)32-4/h5-8,11-12,18H,9-10,13H2,1-4H3,(H,24,28). The lowest BCUT2D eigenvalue weighted by molar-refractivity contribution is -0.141. The molecule has 1 unspecified atom stereocenters. The molecule has 0 saturated carbocycles. The van der Waals surface area contributed by atoms with Gasteiger partial charge < -0.3 is 29.2 Å². The zero-order valence-corrected chi connectivity index (χ0v) is 18.5. The van der Waals surface area contributed by atoms with Crippen LogP contribution in [0.4, 0.5) is 10.5 Å². The van der Waals surface area contributed by atoms with E-state index in [1.807, 2.05) is 6.07 Å². The second-order valence-corrected chi connectivity index (χ2v) is 7.11. The van der Waals surface area contributed by atoms with Crippen LogP contribution < -0.4 is 14.8 Å². The van der Waals surface area contributed by atoms with Gasteiger partial charge in [-0.15, -0.1) is 0 Å². The topological polar surface area (TPSA) is 103 Å². The molecule has 170 valence electrons. The molecule has 0 fully saturated rings. The molecule has 0 aliphatic carbocycles. The number of nitrogens with one attached hydrogen (secondary N) is 1. The molecular weight excluding hydrogens is 416 g/mol. The number of rotatable bonds is 6. The first-order valence-corrected chi connectivity index (χ1v) is 10.00. The zero-order valence-electron chi connectivity index (χ0n) is 18.5. The van der Waals surface area contributed by atoms with Crippen LogP contribution in [0.2, 0.25) is 0 Å².